The molecular formula is C19H17FN6O. The van der Waals surface area contributed by atoms with Gasteiger partial charge >= 0.3 is 0 Å². The summed E-state index contributed by atoms with van der Waals surface area (Å²) in [5.41, 5.74) is 9.27. The predicted molar refractivity (Wildman–Crippen MR) is 103 cm³/mol. The zero-order chi connectivity index (χ0) is 19.1. The smallest absolute Gasteiger partial charge is 0.261 e. The van der Waals surface area contributed by atoms with E-state index in [1.54, 1.807) is 49.4 Å². The lowest BCUT2D eigenvalue weighted by Crippen LogP contribution is -2.16. The van der Waals surface area contributed by atoms with Gasteiger partial charge < -0.3 is 15.6 Å². The number of aryl methyl sites for hydroxylation is 2. The quantitative estimate of drug-likeness (QED) is 0.546. The van der Waals surface area contributed by atoms with Crippen molar-refractivity contribution in [3.8, 4) is 11.1 Å². The van der Waals surface area contributed by atoms with Gasteiger partial charge in [-0.05, 0) is 30.3 Å². The summed E-state index contributed by atoms with van der Waals surface area (Å²) in [5, 5.41) is 8.15. The summed E-state index contributed by atoms with van der Waals surface area (Å²) in [4.78, 5) is 16.5. The van der Waals surface area contributed by atoms with E-state index in [0.717, 1.165) is 17.3 Å². The van der Waals surface area contributed by atoms with Crippen LogP contribution in [-0.4, -0.2) is 19.3 Å². The van der Waals surface area contributed by atoms with Crippen molar-refractivity contribution in [2.24, 2.45) is 14.1 Å². The fourth-order valence-electron chi connectivity index (χ4n) is 3.03. The van der Waals surface area contributed by atoms with E-state index in [1.807, 2.05) is 6.07 Å². The molecule has 0 saturated heterocycles. The minimum Gasteiger partial charge on any atom is -0.399 e. The Hall–Kier alpha value is -3.68. The van der Waals surface area contributed by atoms with Gasteiger partial charge in [-0.15, -0.1) is 0 Å². The Morgan fingerprint density at radius 2 is 1.93 bits per heavy atom. The number of nitrogens with two attached hydrogens (primary N) is 1. The van der Waals surface area contributed by atoms with Gasteiger partial charge in [0.15, 0.2) is 0 Å². The number of nitrogens with one attached hydrogen (secondary N) is 1. The first-order valence-corrected chi connectivity index (χ1v) is 8.24. The molecule has 3 N–H and O–H groups in total. The normalized spacial score (nSPS) is 11.1. The van der Waals surface area contributed by atoms with E-state index in [1.165, 1.54) is 10.6 Å². The second-order valence-corrected chi connectivity index (χ2v) is 6.32. The van der Waals surface area contributed by atoms with Gasteiger partial charge in [0.05, 0.1) is 11.6 Å². The summed E-state index contributed by atoms with van der Waals surface area (Å²) in [7, 11) is 3.46. The number of hydrogen-bond donors (Lipinski definition) is 2. The molecule has 0 aliphatic carbocycles. The molecule has 27 heavy (non-hydrogen) atoms. The van der Waals surface area contributed by atoms with Crippen LogP contribution in [0, 0.1) is 5.82 Å². The first kappa shape index (κ1) is 16.8. The third-order valence-corrected chi connectivity index (χ3v) is 4.28. The third-order valence-electron chi connectivity index (χ3n) is 4.28. The molecule has 7 nitrogen and oxygen atoms in total. The summed E-state index contributed by atoms with van der Waals surface area (Å²) in [5.74, 6) is 0.0795. The molecule has 0 amide bonds. The minimum absolute atomic E-state index is 0.125. The molecule has 136 valence electrons. The summed E-state index contributed by atoms with van der Waals surface area (Å²) in [6.45, 7) is 0. The molecule has 3 heterocycles. The van der Waals surface area contributed by atoms with Crippen LogP contribution in [0.1, 0.15) is 0 Å². The van der Waals surface area contributed by atoms with Gasteiger partial charge in [0, 0.05) is 49.0 Å². The van der Waals surface area contributed by atoms with Crippen LogP contribution in [0.25, 0.3) is 22.0 Å². The Kier molecular flexibility index (Phi) is 3.88. The number of anilines is 3. The monoisotopic (exact) mass is 364 g/mol. The van der Waals surface area contributed by atoms with Crippen LogP contribution in [-0.2, 0) is 14.1 Å². The number of halogens is 1. The first-order valence-electron chi connectivity index (χ1n) is 8.24. The highest BCUT2D eigenvalue weighted by Crippen LogP contribution is 2.34. The Balaban J connectivity index is 1.93. The molecule has 8 heteroatoms. The summed E-state index contributed by atoms with van der Waals surface area (Å²) >= 11 is 0. The Morgan fingerprint density at radius 1 is 1.11 bits per heavy atom. The molecule has 4 aromatic rings. The van der Waals surface area contributed by atoms with Crippen molar-refractivity contribution >= 4 is 28.1 Å². The highest BCUT2D eigenvalue weighted by Gasteiger charge is 2.16. The van der Waals surface area contributed by atoms with Gasteiger partial charge in [-0.2, -0.15) is 5.10 Å². The van der Waals surface area contributed by atoms with Gasteiger partial charge in [0.2, 0.25) is 0 Å². The number of nitrogen functional groups attached to an aromatic ring is 1. The average molecular weight is 364 g/mol. The number of nitrogens with zero attached hydrogens (tertiary/aromatic N) is 4. The van der Waals surface area contributed by atoms with Crippen LogP contribution >= 0.6 is 0 Å². The summed E-state index contributed by atoms with van der Waals surface area (Å²) in [6.07, 6.45) is 4.57. The standard InChI is InChI=1S/C19H17FN6O/c1-25-9-14(18-15(19(25)27)10-26(2)24-18)13-7-12(21)4-5-16(13)23-17-6-3-11(20)8-22-17/h3-10H,21H2,1-2H3,(H,22,23). The lowest BCUT2D eigenvalue weighted by molar-refractivity contribution is 0.622. The first-order chi connectivity index (χ1) is 12.9. The Bertz CT molecular complexity index is 1210. The fraction of sp³-hybridized carbons (Fsp3) is 0.105. The molecule has 4 rings (SSSR count). The topological polar surface area (TPSA) is 90.8 Å². The van der Waals surface area contributed by atoms with E-state index in [4.69, 9.17) is 5.73 Å². The molecule has 0 unspecified atom stereocenters. The Morgan fingerprint density at radius 3 is 2.67 bits per heavy atom. The number of rotatable bonds is 3. The number of aromatic nitrogens is 4. The van der Waals surface area contributed by atoms with Crippen LogP contribution in [0.4, 0.5) is 21.6 Å². The molecule has 0 bridgehead atoms. The van der Waals surface area contributed by atoms with E-state index >= 15 is 0 Å². The average Bonchev–Trinajstić information content (AvgIpc) is 3.03. The molecule has 3 aromatic heterocycles. The number of fused-ring (bicyclic) bond motifs is 1. The van der Waals surface area contributed by atoms with Crippen LogP contribution in [0.2, 0.25) is 0 Å². The number of benzene rings is 1. The van der Waals surface area contributed by atoms with E-state index in [9.17, 15) is 9.18 Å². The van der Waals surface area contributed by atoms with Crippen molar-refractivity contribution in [2.45, 2.75) is 0 Å². The maximum Gasteiger partial charge on any atom is 0.261 e. The molecule has 0 aliphatic heterocycles. The summed E-state index contributed by atoms with van der Waals surface area (Å²) in [6, 6.07) is 8.25. The van der Waals surface area contributed by atoms with Crippen LogP contribution < -0.4 is 16.6 Å². The molecular weight excluding hydrogens is 347 g/mol. The van der Waals surface area contributed by atoms with Crippen molar-refractivity contribution in [3.63, 3.8) is 0 Å². The van der Waals surface area contributed by atoms with E-state index < -0.39 is 5.82 Å². The van der Waals surface area contributed by atoms with Crippen LogP contribution in [0.15, 0.2) is 53.7 Å². The molecule has 0 radical (unpaired) electrons. The zero-order valence-electron chi connectivity index (χ0n) is 14.8. The van der Waals surface area contributed by atoms with Crippen LogP contribution in [0.3, 0.4) is 0 Å². The van der Waals surface area contributed by atoms with E-state index in [-0.39, 0.29) is 5.56 Å². The maximum atomic E-state index is 13.1. The minimum atomic E-state index is -0.411. The van der Waals surface area contributed by atoms with Crippen molar-refractivity contribution in [1.82, 2.24) is 19.3 Å². The van der Waals surface area contributed by atoms with Crippen molar-refractivity contribution in [1.29, 1.82) is 0 Å². The highest BCUT2D eigenvalue weighted by atomic mass is 19.1. The number of pyridine rings is 2. The lowest BCUT2D eigenvalue weighted by Gasteiger charge is -2.14. The third kappa shape index (κ3) is 3.01. The lowest BCUT2D eigenvalue weighted by atomic mass is 10.0. The largest absolute Gasteiger partial charge is 0.399 e. The molecule has 0 saturated carbocycles. The molecule has 0 spiro atoms. The van der Waals surface area contributed by atoms with Gasteiger partial charge in [-0.3, -0.25) is 9.48 Å². The van der Waals surface area contributed by atoms with Gasteiger partial charge in [0.25, 0.3) is 5.56 Å². The second-order valence-electron chi connectivity index (χ2n) is 6.32. The second kappa shape index (κ2) is 6.24. The van der Waals surface area contributed by atoms with Crippen molar-refractivity contribution in [3.05, 3.63) is 65.1 Å². The fourth-order valence-corrected chi connectivity index (χ4v) is 3.03. The van der Waals surface area contributed by atoms with Gasteiger partial charge in [-0.25, -0.2) is 9.37 Å². The molecule has 0 atom stereocenters. The Labute approximate surface area is 153 Å². The van der Waals surface area contributed by atoms with Gasteiger partial charge in [-0.1, -0.05) is 0 Å². The van der Waals surface area contributed by atoms with Crippen molar-refractivity contribution in [2.75, 3.05) is 11.1 Å². The molecule has 0 aliphatic rings. The predicted octanol–water partition coefficient (Wildman–Crippen LogP) is 2.80. The van der Waals surface area contributed by atoms with E-state index in [2.05, 4.69) is 15.4 Å². The molecule has 0 fully saturated rings. The SMILES string of the molecule is Cn1cc2c(=O)n(C)cc(-c3cc(N)ccc3Nc3ccc(F)cn3)c2n1. The number of hydrogen-bond acceptors (Lipinski definition) is 5. The van der Waals surface area contributed by atoms with Crippen molar-refractivity contribution < 1.29 is 4.39 Å². The summed E-state index contributed by atoms with van der Waals surface area (Å²) < 4.78 is 16.3. The van der Waals surface area contributed by atoms with Gasteiger partial charge in [0.1, 0.15) is 17.2 Å². The highest BCUT2D eigenvalue weighted by molar-refractivity contribution is 5.97. The maximum absolute atomic E-state index is 13.1. The zero-order valence-corrected chi connectivity index (χ0v) is 14.8. The molecule has 1 aromatic carbocycles. The van der Waals surface area contributed by atoms with E-state index in [0.29, 0.717) is 28.1 Å². The van der Waals surface area contributed by atoms with Crippen LogP contribution in [0.5, 0.6) is 0 Å².